The van der Waals surface area contributed by atoms with Gasteiger partial charge in [-0.3, -0.25) is 4.90 Å². The van der Waals surface area contributed by atoms with Crippen LogP contribution in [0, 0.1) is 5.82 Å². The first-order valence-corrected chi connectivity index (χ1v) is 7.88. The lowest BCUT2D eigenvalue weighted by Gasteiger charge is -2.25. The van der Waals surface area contributed by atoms with Crippen molar-refractivity contribution < 1.29 is 9.13 Å². The van der Waals surface area contributed by atoms with Crippen LogP contribution in [-0.4, -0.2) is 44.3 Å². The first-order chi connectivity index (χ1) is 9.72. The molecule has 1 saturated heterocycles. The summed E-state index contributed by atoms with van der Waals surface area (Å²) in [5, 5.41) is 3.42. The highest BCUT2D eigenvalue weighted by Crippen LogP contribution is 2.25. The summed E-state index contributed by atoms with van der Waals surface area (Å²) in [5.41, 5.74) is 1.02. The molecule has 20 heavy (non-hydrogen) atoms. The first kappa shape index (κ1) is 15.9. The Bertz CT molecular complexity index is 430. The van der Waals surface area contributed by atoms with Crippen LogP contribution in [0.2, 0.25) is 0 Å². The summed E-state index contributed by atoms with van der Waals surface area (Å²) in [4.78, 5) is 2.43. The van der Waals surface area contributed by atoms with Crippen molar-refractivity contribution in [3.05, 3.63) is 34.1 Å². The van der Waals surface area contributed by atoms with Gasteiger partial charge in [0, 0.05) is 32.8 Å². The first-order valence-electron chi connectivity index (χ1n) is 7.09. The Morgan fingerprint density at radius 3 is 3.15 bits per heavy atom. The molecule has 112 valence electrons. The maximum absolute atomic E-state index is 13.5. The van der Waals surface area contributed by atoms with Crippen LogP contribution < -0.4 is 5.32 Å². The Labute approximate surface area is 128 Å². The highest BCUT2D eigenvalue weighted by Gasteiger charge is 2.24. The fourth-order valence-electron chi connectivity index (χ4n) is 2.67. The molecule has 1 aliphatic heterocycles. The number of methoxy groups -OCH3 is 1. The Kier molecular flexibility index (Phi) is 6.42. The summed E-state index contributed by atoms with van der Waals surface area (Å²) in [6, 6.07) is 5.78. The minimum atomic E-state index is -0.184. The maximum atomic E-state index is 13.5. The summed E-state index contributed by atoms with van der Waals surface area (Å²) in [6.07, 6.45) is 2.41. The number of rotatable bonds is 7. The van der Waals surface area contributed by atoms with Gasteiger partial charge in [-0.2, -0.15) is 0 Å². The van der Waals surface area contributed by atoms with Gasteiger partial charge in [0.1, 0.15) is 5.82 Å². The van der Waals surface area contributed by atoms with Crippen LogP contribution in [0.25, 0.3) is 0 Å². The molecule has 0 saturated carbocycles. The van der Waals surface area contributed by atoms with Crippen molar-refractivity contribution in [3.8, 4) is 0 Å². The van der Waals surface area contributed by atoms with E-state index in [9.17, 15) is 4.39 Å². The van der Waals surface area contributed by atoms with Crippen LogP contribution in [0.3, 0.4) is 0 Å². The van der Waals surface area contributed by atoms with Crippen molar-refractivity contribution in [2.24, 2.45) is 0 Å². The van der Waals surface area contributed by atoms with Gasteiger partial charge in [-0.05, 0) is 46.9 Å². The van der Waals surface area contributed by atoms with E-state index < -0.39 is 0 Å². The molecular weight excluding hydrogens is 323 g/mol. The molecule has 1 fully saturated rings. The zero-order valence-electron chi connectivity index (χ0n) is 11.9. The van der Waals surface area contributed by atoms with Crippen molar-refractivity contribution in [1.29, 1.82) is 0 Å². The van der Waals surface area contributed by atoms with Crippen molar-refractivity contribution in [3.63, 3.8) is 0 Å². The molecule has 0 aromatic heterocycles. The van der Waals surface area contributed by atoms with E-state index in [1.807, 2.05) is 6.07 Å². The second-order valence-corrected chi connectivity index (χ2v) is 5.97. The van der Waals surface area contributed by atoms with Crippen LogP contribution in [0.4, 0.5) is 4.39 Å². The number of hydrogen-bond donors (Lipinski definition) is 1. The van der Waals surface area contributed by atoms with E-state index in [2.05, 4.69) is 26.1 Å². The molecule has 0 amide bonds. The van der Waals surface area contributed by atoms with Gasteiger partial charge in [-0.1, -0.05) is 12.1 Å². The van der Waals surface area contributed by atoms with Crippen LogP contribution in [0.15, 0.2) is 22.7 Å². The molecule has 0 aliphatic carbocycles. The normalized spacial score (nSPS) is 19.6. The number of hydrogen-bond acceptors (Lipinski definition) is 3. The van der Waals surface area contributed by atoms with Gasteiger partial charge in [-0.25, -0.2) is 4.39 Å². The molecule has 0 spiro atoms. The molecule has 1 N–H and O–H groups in total. The largest absolute Gasteiger partial charge is 0.383 e. The topological polar surface area (TPSA) is 24.5 Å². The monoisotopic (exact) mass is 344 g/mol. The van der Waals surface area contributed by atoms with E-state index in [-0.39, 0.29) is 5.82 Å². The Morgan fingerprint density at radius 2 is 2.35 bits per heavy atom. The zero-order valence-corrected chi connectivity index (χ0v) is 13.5. The van der Waals surface area contributed by atoms with Crippen LogP contribution in [0.5, 0.6) is 0 Å². The zero-order chi connectivity index (χ0) is 14.4. The molecule has 1 aliphatic rings. The number of nitrogens with zero attached hydrogens (tertiary/aromatic N) is 1. The summed E-state index contributed by atoms with van der Waals surface area (Å²) in [7, 11) is 1.71. The number of benzene rings is 1. The van der Waals surface area contributed by atoms with Gasteiger partial charge in [0.05, 0.1) is 11.1 Å². The number of nitrogens with one attached hydrogen (secondary N) is 1. The summed E-state index contributed by atoms with van der Waals surface area (Å²) in [6.45, 7) is 4.47. The molecule has 1 aromatic carbocycles. The lowest BCUT2D eigenvalue weighted by Crippen LogP contribution is -2.38. The lowest BCUT2D eigenvalue weighted by molar-refractivity contribution is 0.190. The van der Waals surface area contributed by atoms with Crippen LogP contribution in [-0.2, 0) is 11.3 Å². The summed E-state index contributed by atoms with van der Waals surface area (Å²) < 4.78 is 19.2. The minimum Gasteiger partial charge on any atom is -0.383 e. The SMILES string of the molecule is COCCNCC1CCCN1Cc1cccc(F)c1Br. The fourth-order valence-corrected chi connectivity index (χ4v) is 3.06. The standard InChI is InChI=1S/C15H22BrFN2O/c1-20-9-7-18-10-13-5-3-8-19(13)11-12-4-2-6-14(17)15(12)16/h2,4,6,13,18H,3,5,7-11H2,1H3. The molecule has 1 atom stereocenters. The van der Waals surface area contributed by atoms with Crippen molar-refractivity contribution in [1.82, 2.24) is 10.2 Å². The maximum Gasteiger partial charge on any atom is 0.137 e. The Morgan fingerprint density at radius 1 is 1.50 bits per heavy atom. The Hall–Kier alpha value is -0.490. The van der Waals surface area contributed by atoms with Gasteiger partial charge in [0.15, 0.2) is 0 Å². The lowest BCUT2D eigenvalue weighted by atomic mass is 10.1. The molecular formula is C15H22BrFN2O. The average Bonchev–Trinajstić information content (AvgIpc) is 2.87. The van der Waals surface area contributed by atoms with Crippen LogP contribution >= 0.6 is 15.9 Å². The fraction of sp³-hybridized carbons (Fsp3) is 0.600. The minimum absolute atomic E-state index is 0.184. The molecule has 1 heterocycles. The van der Waals surface area contributed by atoms with E-state index in [0.717, 1.165) is 38.3 Å². The van der Waals surface area contributed by atoms with Crippen LogP contribution in [0.1, 0.15) is 18.4 Å². The number of ether oxygens (including phenoxy) is 1. The van der Waals surface area contributed by atoms with Gasteiger partial charge in [-0.15, -0.1) is 0 Å². The second kappa shape index (κ2) is 8.08. The summed E-state index contributed by atoms with van der Waals surface area (Å²) in [5.74, 6) is -0.184. The van der Waals surface area contributed by atoms with E-state index in [0.29, 0.717) is 10.5 Å². The molecule has 1 unspecified atom stereocenters. The molecule has 5 heteroatoms. The van der Waals surface area contributed by atoms with Gasteiger partial charge < -0.3 is 10.1 Å². The third kappa shape index (κ3) is 4.25. The predicted molar refractivity (Wildman–Crippen MR) is 82.3 cm³/mol. The smallest absolute Gasteiger partial charge is 0.137 e. The number of halogens is 2. The molecule has 1 aromatic rings. The van der Waals surface area contributed by atoms with Gasteiger partial charge >= 0.3 is 0 Å². The van der Waals surface area contributed by atoms with E-state index in [1.54, 1.807) is 13.2 Å². The predicted octanol–water partition coefficient (Wildman–Crippen LogP) is 2.79. The molecule has 2 rings (SSSR count). The quantitative estimate of drug-likeness (QED) is 0.769. The van der Waals surface area contributed by atoms with Crippen molar-refractivity contribution >= 4 is 15.9 Å². The second-order valence-electron chi connectivity index (χ2n) is 5.18. The molecule has 0 radical (unpaired) electrons. The third-order valence-corrected chi connectivity index (χ3v) is 4.66. The highest BCUT2D eigenvalue weighted by molar-refractivity contribution is 9.10. The van der Waals surface area contributed by atoms with E-state index >= 15 is 0 Å². The highest BCUT2D eigenvalue weighted by atomic mass is 79.9. The Balaban J connectivity index is 1.89. The third-order valence-electron chi connectivity index (χ3n) is 3.77. The van der Waals surface area contributed by atoms with E-state index in [1.165, 1.54) is 18.9 Å². The molecule has 0 bridgehead atoms. The summed E-state index contributed by atoms with van der Waals surface area (Å²) >= 11 is 3.35. The van der Waals surface area contributed by atoms with Crippen molar-refractivity contribution in [2.45, 2.75) is 25.4 Å². The van der Waals surface area contributed by atoms with Gasteiger partial charge in [0.2, 0.25) is 0 Å². The van der Waals surface area contributed by atoms with E-state index in [4.69, 9.17) is 4.74 Å². The van der Waals surface area contributed by atoms with Gasteiger partial charge in [0.25, 0.3) is 0 Å². The molecule has 3 nitrogen and oxygen atoms in total. The number of likely N-dealkylation sites (tertiary alicyclic amines) is 1. The average molecular weight is 345 g/mol. The van der Waals surface area contributed by atoms with Crippen molar-refractivity contribution in [2.75, 3.05) is 33.4 Å².